The number of carbonyl (C=O) groups excluding carboxylic acids is 1. The van der Waals surface area contributed by atoms with Gasteiger partial charge in [0.2, 0.25) is 10.0 Å². The Morgan fingerprint density at radius 1 is 1.24 bits per heavy atom. The summed E-state index contributed by atoms with van der Waals surface area (Å²) in [5.74, 6) is 0.848. The van der Waals surface area contributed by atoms with E-state index >= 15 is 0 Å². The Balaban J connectivity index is 1.55. The number of carbonyl (C=O) groups is 1. The first kappa shape index (κ1) is 21.5. The predicted molar refractivity (Wildman–Crippen MR) is 115 cm³/mol. The summed E-state index contributed by atoms with van der Waals surface area (Å²) >= 11 is 1.31. The Morgan fingerprint density at radius 2 is 2.00 bits per heavy atom. The van der Waals surface area contributed by atoms with E-state index in [1.807, 2.05) is 12.1 Å². The second kappa shape index (κ2) is 9.55. The number of urea groups is 1. The summed E-state index contributed by atoms with van der Waals surface area (Å²) in [5.41, 5.74) is 1.49. The van der Waals surface area contributed by atoms with Crippen LogP contribution in [0.5, 0.6) is 5.75 Å². The lowest BCUT2D eigenvalue weighted by Crippen LogP contribution is -2.36. The summed E-state index contributed by atoms with van der Waals surface area (Å²) in [7, 11) is -3.23. The largest absolute Gasteiger partial charge is 0.494 e. The first-order valence-electron chi connectivity index (χ1n) is 9.68. The highest BCUT2D eigenvalue weighted by atomic mass is 32.2. The van der Waals surface area contributed by atoms with Gasteiger partial charge in [-0.05, 0) is 37.6 Å². The molecule has 8 nitrogen and oxygen atoms in total. The van der Waals surface area contributed by atoms with Gasteiger partial charge in [0, 0.05) is 30.1 Å². The van der Waals surface area contributed by atoms with Gasteiger partial charge in [0.05, 0.1) is 18.1 Å². The molecule has 2 aromatic rings. The highest BCUT2D eigenvalue weighted by Gasteiger charge is 2.28. The van der Waals surface area contributed by atoms with Gasteiger partial charge >= 0.3 is 6.03 Å². The smallest absolute Gasteiger partial charge is 0.325 e. The van der Waals surface area contributed by atoms with Gasteiger partial charge < -0.3 is 10.1 Å². The molecule has 1 aliphatic heterocycles. The van der Waals surface area contributed by atoms with Crippen molar-refractivity contribution < 1.29 is 17.9 Å². The molecule has 0 radical (unpaired) electrons. The fourth-order valence-corrected chi connectivity index (χ4v) is 5.03. The number of rotatable bonds is 8. The van der Waals surface area contributed by atoms with Crippen LogP contribution in [0.3, 0.4) is 0 Å². The van der Waals surface area contributed by atoms with Gasteiger partial charge in [0.15, 0.2) is 5.13 Å². The van der Waals surface area contributed by atoms with E-state index in [1.165, 1.54) is 15.6 Å². The van der Waals surface area contributed by atoms with E-state index in [9.17, 15) is 13.2 Å². The maximum absolute atomic E-state index is 12.3. The lowest BCUT2D eigenvalue weighted by molar-refractivity contribution is 0.262. The zero-order valence-electron chi connectivity index (χ0n) is 16.6. The minimum atomic E-state index is -3.23. The molecule has 29 heavy (non-hydrogen) atoms. The number of unbranched alkanes of at least 4 members (excludes halogenated alkanes) is 1. The number of benzene rings is 1. The first-order chi connectivity index (χ1) is 13.9. The molecule has 0 fully saturated rings. The first-order valence-corrected chi connectivity index (χ1v) is 12.1. The molecule has 0 saturated carbocycles. The van der Waals surface area contributed by atoms with Crippen LogP contribution in [0.4, 0.5) is 15.6 Å². The van der Waals surface area contributed by atoms with E-state index in [2.05, 4.69) is 22.5 Å². The molecule has 0 saturated heterocycles. The summed E-state index contributed by atoms with van der Waals surface area (Å²) in [6.07, 6.45) is 2.63. The summed E-state index contributed by atoms with van der Waals surface area (Å²) in [6, 6.07) is 6.79. The number of nitrogens with zero attached hydrogens (tertiary/aromatic N) is 2. The molecule has 3 rings (SSSR count). The van der Waals surface area contributed by atoms with Crippen molar-refractivity contribution in [3.8, 4) is 5.75 Å². The minimum absolute atomic E-state index is 0.0804. The maximum Gasteiger partial charge on any atom is 0.325 e. The Hall–Kier alpha value is -2.17. The lowest BCUT2D eigenvalue weighted by Gasteiger charge is -2.24. The molecule has 0 spiro atoms. The zero-order chi connectivity index (χ0) is 20.9. The molecular weight excluding hydrogens is 412 g/mol. The van der Waals surface area contributed by atoms with Crippen LogP contribution in [0.2, 0.25) is 0 Å². The lowest BCUT2D eigenvalue weighted by atomic mass is 10.2. The average Bonchev–Trinajstić information content (AvgIpc) is 3.10. The third-order valence-electron chi connectivity index (χ3n) is 4.55. The summed E-state index contributed by atoms with van der Waals surface area (Å²) < 4.78 is 31.2. The molecule has 1 aromatic heterocycles. The number of hydrogen-bond donors (Lipinski definition) is 2. The third kappa shape index (κ3) is 5.68. The van der Waals surface area contributed by atoms with Crippen molar-refractivity contribution in [3.63, 3.8) is 0 Å². The molecule has 0 atom stereocenters. The average molecular weight is 439 g/mol. The molecule has 2 heterocycles. The summed E-state index contributed by atoms with van der Waals surface area (Å²) in [5, 5.41) is 5.95. The van der Waals surface area contributed by atoms with Gasteiger partial charge in [0.1, 0.15) is 5.75 Å². The standard InChI is InChI=1S/C19H26N4O4S2/c1-3-5-12-27-15-8-6-14(7-9-15)20-18(24)22-19-21-16-10-11-23(13-17(16)28-19)29(25,26)4-2/h6-9H,3-5,10-13H2,1-2H3,(H2,20,21,22,24). The van der Waals surface area contributed by atoms with Crippen molar-refractivity contribution in [2.75, 3.05) is 29.5 Å². The fraction of sp³-hybridized carbons (Fsp3) is 0.474. The van der Waals surface area contributed by atoms with Crippen molar-refractivity contribution in [2.45, 2.75) is 39.7 Å². The van der Waals surface area contributed by atoms with E-state index in [4.69, 9.17) is 4.74 Å². The number of aromatic nitrogens is 1. The van der Waals surface area contributed by atoms with Gasteiger partial charge in [-0.25, -0.2) is 18.2 Å². The highest BCUT2D eigenvalue weighted by Crippen LogP contribution is 2.29. The van der Waals surface area contributed by atoms with Crippen molar-refractivity contribution in [1.82, 2.24) is 9.29 Å². The normalized spacial score (nSPS) is 14.3. The predicted octanol–water partition coefficient (Wildman–Crippen LogP) is 3.67. The van der Waals surface area contributed by atoms with E-state index in [-0.39, 0.29) is 5.75 Å². The van der Waals surface area contributed by atoms with E-state index < -0.39 is 16.1 Å². The fourth-order valence-electron chi connectivity index (χ4n) is 2.87. The van der Waals surface area contributed by atoms with Gasteiger partial charge in [-0.1, -0.05) is 24.7 Å². The van der Waals surface area contributed by atoms with Crippen molar-refractivity contribution >= 4 is 38.2 Å². The highest BCUT2D eigenvalue weighted by molar-refractivity contribution is 7.89. The number of thiazole rings is 1. The minimum Gasteiger partial charge on any atom is -0.494 e. The Labute approximate surface area is 175 Å². The Kier molecular flexibility index (Phi) is 7.09. The van der Waals surface area contributed by atoms with E-state index in [0.717, 1.165) is 29.2 Å². The van der Waals surface area contributed by atoms with Crippen LogP contribution in [0.15, 0.2) is 24.3 Å². The second-order valence-corrected chi connectivity index (χ2v) is 10.0. The van der Waals surface area contributed by atoms with Gasteiger partial charge in [-0.15, -0.1) is 0 Å². The topological polar surface area (TPSA) is 101 Å². The van der Waals surface area contributed by atoms with Crippen LogP contribution in [0.1, 0.15) is 37.3 Å². The van der Waals surface area contributed by atoms with Gasteiger partial charge in [-0.3, -0.25) is 5.32 Å². The van der Waals surface area contributed by atoms with E-state index in [1.54, 1.807) is 19.1 Å². The molecule has 0 bridgehead atoms. The van der Waals surface area contributed by atoms with Crippen LogP contribution < -0.4 is 15.4 Å². The molecule has 0 unspecified atom stereocenters. The van der Waals surface area contributed by atoms with Crippen LogP contribution in [0.25, 0.3) is 0 Å². The number of fused-ring (bicyclic) bond motifs is 1. The van der Waals surface area contributed by atoms with Crippen molar-refractivity contribution in [3.05, 3.63) is 34.8 Å². The molecule has 2 N–H and O–H groups in total. The zero-order valence-corrected chi connectivity index (χ0v) is 18.2. The molecule has 1 aromatic carbocycles. The van der Waals surface area contributed by atoms with Crippen molar-refractivity contribution in [2.24, 2.45) is 0 Å². The van der Waals surface area contributed by atoms with Gasteiger partial charge in [-0.2, -0.15) is 4.31 Å². The molecule has 0 aliphatic carbocycles. The Bertz CT molecular complexity index is 942. The monoisotopic (exact) mass is 438 g/mol. The van der Waals surface area contributed by atoms with Crippen LogP contribution in [0, 0.1) is 0 Å². The van der Waals surface area contributed by atoms with Crippen LogP contribution >= 0.6 is 11.3 Å². The van der Waals surface area contributed by atoms with Crippen molar-refractivity contribution in [1.29, 1.82) is 0 Å². The van der Waals surface area contributed by atoms with E-state index in [0.29, 0.717) is 36.9 Å². The number of hydrogen-bond acceptors (Lipinski definition) is 6. The third-order valence-corrected chi connectivity index (χ3v) is 7.38. The maximum atomic E-state index is 12.3. The number of amides is 2. The van der Waals surface area contributed by atoms with Crippen LogP contribution in [-0.2, 0) is 23.0 Å². The SMILES string of the molecule is CCCCOc1ccc(NC(=O)Nc2nc3c(s2)CN(S(=O)(=O)CC)CC3)cc1. The van der Waals surface area contributed by atoms with Gasteiger partial charge in [0.25, 0.3) is 0 Å². The number of ether oxygens (including phenoxy) is 1. The summed E-state index contributed by atoms with van der Waals surface area (Å²) in [4.78, 5) is 17.6. The molecule has 2 amide bonds. The second-order valence-electron chi connectivity index (χ2n) is 6.68. The molecule has 10 heteroatoms. The quantitative estimate of drug-likeness (QED) is 0.613. The molecule has 158 valence electrons. The Morgan fingerprint density at radius 3 is 2.69 bits per heavy atom. The number of nitrogens with one attached hydrogen (secondary N) is 2. The number of anilines is 2. The van der Waals surface area contributed by atoms with Crippen LogP contribution in [-0.4, -0.2) is 42.6 Å². The number of sulfonamides is 1. The summed E-state index contributed by atoms with van der Waals surface area (Å²) in [6.45, 7) is 5.16. The molecular formula is C19H26N4O4S2. The molecule has 1 aliphatic rings.